The van der Waals surface area contributed by atoms with Gasteiger partial charge in [0.25, 0.3) is 0 Å². The molecule has 2 N–H and O–H groups in total. The van der Waals surface area contributed by atoms with Gasteiger partial charge >= 0.3 is 0 Å². The van der Waals surface area contributed by atoms with E-state index in [0.29, 0.717) is 30.8 Å². The highest BCUT2D eigenvalue weighted by atomic mass is 127. The molecule has 0 bridgehead atoms. The largest absolute Gasteiger partial charge is 0.378 e. The molecule has 1 fully saturated rings. The number of aliphatic imine (C=N–C) groups is 1. The molecule has 1 aliphatic rings. The van der Waals surface area contributed by atoms with Crippen LogP contribution in [0.1, 0.15) is 58.9 Å². The molecule has 3 unspecified atom stereocenters. The molecule has 0 aliphatic heterocycles. The fourth-order valence-electron chi connectivity index (χ4n) is 3.07. The van der Waals surface area contributed by atoms with E-state index in [9.17, 15) is 0 Å². The second-order valence-electron chi connectivity index (χ2n) is 7.13. The lowest BCUT2D eigenvalue weighted by atomic mass is 9.56. The first-order valence-corrected chi connectivity index (χ1v) is 8.73. The Kier molecular flexibility index (Phi) is 8.28. The van der Waals surface area contributed by atoms with Crippen LogP contribution in [0.25, 0.3) is 0 Å². The molecule has 0 radical (unpaired) electrons. The number of hydrogen-bond acceptors (Lipinski definition) is 6. The number of hydrogen-bond donors (Lipinski definition) is 2. The van der Waals surface area contributed by atoms with Crippen LogP contribution >= 0.6 is 24.0 Å². The molecule has 0 spiro atoms. The van der Waals surface area contributed by atoms with Crippen LogP contribution in [-0.4, -0.2) is 48.5 Å². The van der Waals surface area contributed by atoms with Gasteiger partial charge in [-0.25, -0.2) is 0 Å². The standard InChI is InChI=1S/C17H31N5O3.HI/c1-8-24-11(2)14-21-13(25-22-14)10-19-15(18-6)20-12-9-17(5,23-7)16(12,3)4;/h11-12H,8-10H2,1-7H3,(H2,18,19,20);1H. The van der Waals surface area contributed by atoms with Crippen molar-refractivity contribution in [2.45, 2.75) is 65.3 Å². The van der Waals surface area contributed by atoms with Gasteiger partial charge in [-0.1, -0.05) is 19.0 Å². The summed E-state index contributed by atoms with van der Waals surface area (Å²) in [6.45, 7) is 11.4. The summed E-state index contributed by atoms with van der Waals surface area (Å²) >= 11 is 0. The topological polar surface area (TPSA) is 93.8 Å². The van der Waals surface area contributed by atoms with E-state index in [1.54, 1.807) is 14.2 Å². The van der Waals surface area contributed by atoms with E-state index in [0.717, 1.165) is 6.42 Å². The highest BCUT2D eigenvalue weighted by Crippen LogP contribution is 2.51. The molecule has 0 amide bonds. The molecular weight excluding hydrogens is 449 g/mol. The van der Waals surface area contributed by atoms with Gasteiger partial charge in [0.2, 0.25) is 5.89 Å². The Labute approximate surface area is 172 Å². The fourth-order valence-corrected chi connectivity index (χ4v) is 3.07. The van der Waals surface area contributed by atoms with Crippen molar-refractivity contribution in [3.8, 4) is 0 Å². The first-order chi connectivity index (χ1) is 11.8. The second-order valence-corrected chi connectivity index (χ2v) is 7.13. The Hall–Kier alpha value is -0.940. The number of rotatable bonds is 7. The third-order valence-electron chi connectivity index (χ3n) is 5.48. The molecule has 1 aliphatic carbocycles. The van der Waals surface area contributed by atoms with E-state index in [1.165, 1.54) is 0 Å². The van der Waals surface area contributed by atoms with Gasteiger partial charge in [-0.2, -0.15) is 4.98 Å². The Morgan fingerprint density at radius 3 is 2.65 bits per heavy atom. The maximum Gasteiger partial charge on any atom is 0.246 e. The lowest BCUT2D eigenvalue weighted by molar-refractivity contribution is -0.176. The molecule has 0 saturated heterocycles. The monoisotopic (exact) mass is 481 g/mol. The number of ether oxygens (including phenoxy) is 2. The normalized spacial score (nSPS) is 25.8. The van der Waals surface area contributed by atoms with Gasteiger partial charge in [0, 0.05) is 32.2 Å². The molecule has 1 heterocycles. The molecule has 1 aromatic rings. The minimum absolute atomic E-state index is 0. The van der Waals surface area contributed by atoms with Gasteiger partial charge in [0.15, 0.2) is 11.8 Å². The molecule has 2 rings (SSSR count). The smallest absolute Gasteiger partial charge is 0.246 e. The predicted octanol–water partition coefficient (Wildman–Crippen LogP) is 2.65. The third kappa shape index (κ3) is 4.66. The lowest BCUT2D eigenvalue weighted by Gasteiger charge is -2.59. The van der Waals surface area contributed by atoms with E-state index in [-0.39, 0.29) is 47.1 Å². The highest BCUT2D eigenvalue weighted by Gasteiger charge is 2.58. The Morgan fingerprint density at radius 1 is 1.42 bits per heavy atom. The number of guanidine groups is 1. The molecule has 1 saturated carbocycles. The summed E-state index contributed by atoms with van der Waals surface area (Å²) in [5.74, 6) is 1.76. The minimum atomic E-state index is -0.178. The Morgan fingerprint density at radius 2 is 2.12 bits per heavy atom. The van der Waals surface area contributed by atoms with Crippen molar-refractivity contribution >= 4 is 29.9 Å². The molecule has 9 heteroatoms. The van der Waals surface area contributed by atoms with Gasteiger partial charge in [-0.3, -0.25) is 4.99 Å². The summed E-state index contributed by atoms with van der Waals surface area (Å²) in [6.07, 6.45) is 0.746. The van der Waals surface area contributed by atoms with Crippen LogP contribution < -0.4 is 10.6 Å². The molecular formula is C17H32IN5O3. The van der Waals surface area contributed by atoms with Gasteiger partial charge < -0.3 is 24.6 Å². The van der Waals surface area contributed by atoms with Crippen LogP contribution in [0.5, 0.6) is 0 Å². The summed E-state index contributed by atoms with van der Waals surface area (Å²) in [5, 5.41) is 10.6. The van der Waals surface area contributed by atoms with Crippen molar-refractivity contribution in [3.05, 3.63) is 11.7 Å². The lowest BCUT2D eigenvalue weighted by Crippen LogP contribution is -2.69. The van der Waals surface area contributed by atoms with E-state index in [2.05, 4.69) is 46.5 Å². The van der Waals surface area contributed by atoms with Crippen molar-refractivity contribution in [1.29, 1.82) is 0 Å². The number of nitrogens with one attached hydrogen (secondary N) is 2. The van der Waals surface area contributed by atoms with Crippen LogP contribution in [0.3, 0.4) is 0 Å². The summed E-state index contributed by atoms with van der Waals surface area (Å²) in [7, 11) is 3.51. The van der Waals surface area contributed by atoms with Crippen molar-refractivity contribution in [2.24, 2.45) is 10.4 Å². The zero-order valence-corrected chi connectivity index (χ0v) is 19.1. The number of nitrogens with zero attached hydrogens (tertiary/aromatic N) is 3. The van der Waals surface area contributed by atoms with Crippen LogP contribution in [0.2, 0.25) is 0 Å². The average molecular weight is 481 g/mol. The SMILES string of the molecule is CCOC(C)c1noc(CNC(=NC)NC2CC(C)(OC)C2(C)C)n1.I. The first kappa shape index (κ1) is 23.1. The molecule has 26 heavy (non-hydrogen) atoms. The molecule has 150 valence electrons. The zero-order chi connectivity index (χ0) is 18.7. The number of aromatic nitrogens is 2. The van der Waals surface area contributed by atoms with E-state index < -0.39 is 0 Å². The Bertz CT molecular complexity index is 607. The highest BCUT2D eigenvalue weighted by molar-refractivity contribution is 14.0. The maximum atomic E-state index is 5.66. The minimum Gasteiger partial charge on any atom is -0.378 e. The van der Waals surface area contributed by atoms with Gasteiger partial charge in [-0.15, -0.1) is 24.0 Å². The van der Waals surface area contributed by atoms with Crippen LogP contribution in [0, 0.1) is 5.41 Å². The van der Waals surface area contributed by atoms with Gasteiger partial charge in [-0.05, 0) is 27.2 Å². The predicted molar refractivity (Wildman–Crippen MR) is 111 cm³/mol. The van der Waals surface area contributed by atoms with Crippen molar-refractivity contribution < 1.29 is 14.0 Å². The second kappa shape index (κ2) is 9.32. The van der Waals surface area contributed by atoms with Gasteiger partial charge in [0.1, 0.15) is 6.10 Å². The van der Waals surface area contributed by atoms with Crippen molar-refractivity contribution in [3.63, 3.8) is 0 Å². The van der Waals surface area contributed by atoms with E-state index in [1.807, 2.05) is 13.8 Å². The van der Waals surface area contributed by atoms with E-state index >= 15 is 0 Å². The average Bonchev–Trinajstić information content (AvgIpc) is 3.06. The fraction of sp³-hybridized carbons (Fsp3) is 0.824. The quantitative estimate of drug-likeness (QED) is 0.351. The third-order valence-corrected chi connectivity index (χ3v) is 5.48. The van der Waals surface area contributed by atoms with Crippen LogP contribution in [0.15, 0.2) is 9.52 Å². The van der Waals surface area contributed by atoms with E-state index in [4.69, 9.17) is 14.0 Å². The molecule has 0 aromatic carbocycles. The van der Waals surface area contributed by atoms with Crippen LogP contribution in [-0.2, 0) is 16.0 Å². The Balaban J connectivity index is 0.00000338. The molecule has 8 nitrogen and oxygen atoms in total. The molecule has 3 atom stereocenters. The summed E-state index contributed by atoms with van der Waals surface area (Å²) in [6, 6.07) is 0.278. The van der Waals surface area contributed by atoms with Crippen LogP contribution in [0.4, 0.5) is 0 Å². The maximum absolute atomic E-state index is 5.66. The number of halogens is 1. The molecule has 1 aromatic heterocycles. The first-order valence-electron chi connectivity index (χ1n) is 8.73. The summed E-state index contributed by atoms with van der Waals surface area (Å²) in [4.78, 5) is 8.62. The van der Waals surface area contributed by atoms with Crippen molar-refractivity contribution in [1.82, 2.24) is 20.8 Å². The van der Waals surface area contributed by atoms with Gasteiger partial charge in [0.05, 0.1) is 12.1 Å². The summed E-state index contributed by atoms with van der Waals surface area (Å²) < 4.78 is 16.4. The summed E-state index contributed by atoms with van der Waals surface area (Å²) in [5.41, 5.74) is -0.121. The number of methoxy groups -OCH3 is 1. The van der Waals surface area contributed by atoms with Crippen molar-refractivity contribution in [2.75, 3.05) is 20.8 Å². The zero-order valence-electron chi connectivity index (χ0n) is 16.8.